The van der Waals surface area contributed by atoms with E-state index in [-0.39, 0.29) is 10.2 Å². The average Bonchev–Trinajstić information content (AvgIpc) is 1.96. The second kappa shape index (κ2) is 3.85. The first-order valence-electron chi connectivity index (χ1n) is 2.82. The van der Waals surface area contributed by atoms with Crippen molar-refractivity contribution in [3.8, 4) is 0 Å². The van der Waals surface area contributed by atoms with Gasteiger partial charge >= 0.3 is 0 Å². The van der Waals surface area contributed by atoms with Crippen LogP contribution in [0, 0.1) is 0 Å². The Morgan fingerprint density at radius 3 is 2.50 bits per heavy atom. The summed E-state index contributed by atoms with van der Waals surface area (Å²) in [5, 5.41) is -0.115. The minimum absolute atomic E-state index is 0.0124. The maximum Gasteiger partial charge on any atom is 0.281 e. The highest BCUT2D eigenvalue weighted by Crippen LogP contribution is 2.32. The van der Waals surface area contributed by atoms with Gasteiger partial charge in [0.15, 0.2) is 0 Å². The van der Waals surface area contributed by atoms with Crippen LogP contribution in [0.1, 0.15) is 12.1 Å². The Hall–Kier alpha value is 0.0700. The van der Waals surface area contributed by atoms with Crippen molar-refractivity contribution in [1.29, 1.82) is 0 Å². The van der Waals surface area contributed by atoms with Gasteiger partial charge in [-0.2, -0.15) is 0 Å². The number of rotatable bonds is 1. The Labute approximate surface area is 85.8 Å². The smallest absolute Gasteiger partial charge is 0.233 e. The van der Waals surface area contributed by atoms with Gasteiger partial charge in [-0.05, 0) is 22.0 Å². The van der Waals surface area contributed by atoms with Crippen LogP contribution in [0.25, 0.3) is 0 Å². The van der Waals surface area contributed by atoms with Crippen LogP contribution in [0.3, 0.4) is 0 Å². The third kappa shape index (κ3) is 2.06. The van der Waals surface area contributed by atoms with E-state index in [2.05, 4.69) is 20.9 Å². The summed E-state index contributed by atoms with van der Waals surface area (Å²) in [5.74, 6) is 0. The highest BCUT2D eigenvalue weighted by Gasteiger charge is 2.16. The van der Waals surface area contributed by atoms with E-state index in [0.717, 1.165) is 0 Å². The van der Waals surface area contributed by atoms with Crippen LogP contribution in [-0.4, -0.2) is 4.98 Å². The van der Waals surface area contributed by atoms with Gasteiger partial charge in [-0.3, -0.25) is 0 Å². The second-order valence-electron chi connectivity index (χ2n) is 1.93. The molecule has 1 nitrogen and oxygen atoms in total. The first-order valence-corrected chi connectivity index (χ1v) is 4.37. The molecule has 66 valence electrons. The molecule has 0 aliphatic rings. The lowest BCUT2D eigenvalue weighted by molar-refractivity contribution is 0.146. The molecule has 0 atom stereocenters. The number of alkyl halides is 2. The van der Waals surface area contributed by atoms with Gasteiger partial charge in [-0.15, -0.1) is 0 Å². The maximum atomic E-state index is 12.2. The van der Waals surface area contributed by atoms with Crippen LogP contribution in [0.2, 0.25) is 10.2 Å². The van der Waals surface area contributed by atoms with Crippen molar-refractivity contribution in [3.63, 3.8) is 0 Å². The molecule has 1 aromatic rings. The molecule has 0 aromatic carbocycles. The van der Waals surface area contributed by atoms with Gasteiger partial charge in [-0.25, -0.2) is 13.8 Å². The summed E-state index contributed by atoms with van der Waals surface area (Å²) in [4.78, 5) is 3.39. The fraction of sp³-hybridized carbons (Fsp3) is 0.167. The van der Waals surface area contributed by atoms with E-state index in [1.54, 1.807) is 0 Å². The van der Waals surface area contributed by atoms with Crippen molar-refractivity contribution in [3.05, 3.63) is 26.4 Å². The minimum atomic E-state index is -2.72. The van der Waals surface area contributed by atoms with Crippen LogP contribution in [0.15, 0.2) is 10.5 Å². The van der Waals surface area contributed by atoms with E-state index < -0.39 is 12.1 Å². The molecular formula is C6H2BrCl2F2N. The zero-order chi connectivity index (χ0) is 9.30. The molecule has 0 aliphatic heterocycles. The molecule has 0 spiro atoms. The molecule has 0 bridgehead atoms. The zero-order valence-electron chi connectivity index (χ0n) is 5.49. The van der Waals surface area contributed by atoms with E-state index >= 15 is 0 Å². The molecule has 0 saturated heterocycles. The maximum absolute atomic E-state index is 12.2. The van der Waals surface area contributed by atoms with Gasteiger partial charge in [0.25, 0.3) is 6.43 Å². The molecule has 12 heavy (non-hydrogen) atoms. The van der Waals surface area contributed by atoms with Crippen molar-refractivity contribution < 1.29 is 8.78 Å². The number of halogens is 5. The van der Waals surface area contributed by atoms with Crippen molar-refractivity contribution in [2.45, 2.75) is 6.43 Å². The molecule has 0 amide bonds. The lowest BCUT2D eigenvalue weighted by atomic mass is 10.3. The third-order valence-corrected chi connectivity index (χ3v) is 2.56. The van der Waals surface area contributed by atoms with E-state index in [9.17, 15) is 8.78 Å². The lowest BCUT2D eigenvalue weighted by Gasteiger charge is -2.03. The number of hydrogen-bond acceptors (Lipinski definition) is 1. The van der Waals surface area contributed by atoms with Crippen LogP contribution in [0.5, 0.6) is 0 Å². The number of nitrogens with zero attached hydrogens (tertiary/aromatic N) is 1. The summed E-state index contributed by atoms with van der Waals surface area (Å²) in [6, 6.07) is 1.36. The molecule has 0 fully saturated rings. The fourth-order valence-electron chi connectivity index (χ4n) is 0.631. The molecule has 0 aliphatic carbocycles. The van der Waals surface area contributed by atoms with Crippen LogP contribution >= 0.6 is 39.1 Å². The molecule has 0 saturated carbocycles. The van der Waals surface area contributed by atoms with Gasteiger partial charge in [0.05, 0.1) is 5.02 Å². The summed E-state index contributed by atoms with van der Waals surface area (Å²) in [7, 11) is 0. The fourth-order valence-corrected chi connectivity index (χ4v) is 1.56. The van der Waals surface area contributed by atoms with Crippen molar-refractivity contribution in [1.82, 2.24) is 4.98 Å². The molecule has 1 rings (SSSR count). The molecule has 1 aromatic heterocycles. The van der Waals surface area contributed by atoms with Crippen molar-refractivity contribution in [2.75, 3.05) is 0 Å². The van der Waals surface area contributed by atoms with Crippen molar-refractivity contribution in [2.24, 2.45) is 0 Å². The van der Waals surface area contributed by atoms with Gasteiger partial charge < -0.3 is 0 Å². The zero-order valence-corrected chi connectivity index (χ0v) is 8.59. The molecule has 0 unspecified atom stereocenters. The third-order valence-electron chi connectivity index (χ3n) is 1.11. The van der Waals surface area contributed by atoms with Crippen molar-refractivity contribution >= 4 is 39.1 Å². The van der Waals surface area contributed by atoms with Crippen LogP contribution < -0.4 is 0 Å². The Kier molecular flexibility index (Phi) is 3.26. The van der Waals surface area contributed by atoms with E-state index in [1.165, 1.54) is 6.07 Å². The summed E-state index contributed by atoms with van der Waals surface area (Å²) < 4.78 is 24.6. The first kappa shape index (κ1) is 10.2. The topological polar surface area (TPSA) is 12.9 Å². The van der Waals surface area contributed by atoms with Gasteiger partial charge in [0.2, 0.25) is 0 Å². The Bertz CT molecular complexity index is 306. The molecule has 0 radical (unpaired) electrons. The van der Waals surface area contributed by atoms with Crippen LogP contribution in [-0.2, 0) is 0 Å². The quantitative estimate of drug-likeness (QED) is 0.704. The largest absolute Gasteiger partial charge is 0.281 e. The molecule has 6 heteroatoms. The SMILES string of the molecule is FC(F)c1nc(Cl)cc(Br)c1Cl. The highest BCUT2D eigenvalue weighted by molar-refractivity contribution is 9.10. The predicted molar refractivity (Wildman–Crippen MR) is 46.9 cm³/mol. The second-order valence-corrected chi connectivity index (χ2v) is 3.55. The van der Waals surface area contributed by atoms with E-state index in [0.29, 0.717) is 4.47 Å². The standard InChI is InChI=1S/C6H2BrCl2F2N/c7-2-1-3(8)12-5(4(2)9)6(10)11/h1,6H. The minimum Gasteiger partial charge on any atom is -0.233 e. The first-order chi connectivity index (χ1) is 5.52. The monoisotopic (exact) mass is 275 g/mol. The number of aromatic nitrogens is 1. The molecular weight excluding hydrogens is 275 g/mol. The molecule has 1 heterocycles. The Morgan fingerprint density at radius 2 is 2.00 bits per heavy atom. The highest BCUT2D eigenvalue weighted by atomic mass is 79.9. The summed E-state index contributed by atoms with van der Waals surface area (Å²) in [6.07, 6.45) is -2.72. The van der Waals surface area contributed by atoms with E-state index in [4.69, 9.17) is 23.2 Å². The normalized spacial score (nSPS) is 10.8. The van der Waals surface area contributed by atoms with Crippen LogP contribution in [0.4, 0.5) is 8.78 Å². The summed E-state index contributed by atoms with van der Waals surface area (Å²) in [6.45, 7) is 0. The average molecular weight is 277 g/mol. The summed E-state index contributed by atoms with van der Waals surface area (Å²) in [5.41, 5.74) is -0.504. The van der Waals surface area contributed by atoms with Gasteiger partial charge in [0.1, 0.15) is 10.8 Å². The number of pyridine rings is 1. The predicted octanol–water partition coefficient (Wildman–Crippen LogP) is 4.09. The summed E-state index contributed by atoms with van der Waals surface area (Å²) >= 11 is 13.9. The van der Waals surface area contributed by atoms with E-state index in [1.807, 2.05) is 0 Å². The Balaban J connectivity index is 3.28. The van der Waals surface area contributed by atoms with Gasteiger partial charge in [0, 0.05) is 4.47 Å². The Morgan fingerprint density at radius 1 is 1.42 bits per heavy atom. The lowest BCUT2D eigenvalue weighted by Crippen LogP contribution is -1.92. The molecule has 0 N–H and O–H groups in total. The number of hydrogen-bond donors (Lipinski definition) is 0. The van der Waals surface area contributed by atoms with Gasteiger partial charge in [-0.1, -0.05) is 23.2 Å².